The van der Waals surface area contributed by atoms with Crippen molar-refractivity contribution in [2.75, 3.05) is 38.2 Å². The molecule has 1 amide bonds. The van der Waals surface area contributed by atoms with Crippen LogP contribution in [-0.4, -0.2) is 54.5 Å². The summed E-state index contributed by atoms with van der Waals surface area (Å²) in [5.74, 6) is 0. The summed E-state index contributed by atoms with van der Waals surface area (Å²) in [6.07, 6.45) is 3.85. The largest absolute Gasteiger partial charge is 0.453 e. The molecule has 1 aliphatic heterocycles. The van der Waals surface area contributed by atoms with Gasteiger partial charge in [-0.1, -0.05) is 36.4 Å². The van der Waals surface area contributed by atoms with Crippen LogP contribution in [0.3, 0.4) is 0 Å². The molecule has 0 radical (unpaired) electrons. The Morgan fingerprint density at radius 3 is 2.52 bits per heavy atom. The number of benzene rings is 2. The highest BCUT2D eigenvalue weighted by molar-refractivity contribution is 5.89. The molecule has 2 aromatic carbocycles. The van der Waals surface area contributed by atoms with Gasteiger partial charge in [0.15, 0.2) is 0 Å². The van der Waals surface area contributed by atoms with Crippen LogP contribution >= 0.6 is 0 Å². The minimum absolute atomic E-state index is 0.249. The summed E-state index contributed by atoms with van der Waals surface area (Å²) in [5, 5.41) is 8.53. The number of para-hydroxylation sites is 1. The van der Waals surface area contributed by atoms with Gasteiger partial charge in [0.1, 0.15) is 0 Å². The van der Waals surface area contributed by atoms with Crippen molar-refractivity contribution in [3.8, 4) is 0 Å². The maximum absolute atomic E-state index is 11.6. The zero-order valence-electron chi connectivity index (χ0n) is 15.3. The van der Waals surface area contributed by atoms with Crippen LogP contribution in [0.25, 0.3) is 23.1 Å². The number of anilines is 1. The van der Waals surface area contributed by atoms with Gasteiger partial charge in [0.05, 0.1) is 18.3 Å². The number of amides is 1. The lowest BCUT2D eigenvalue weighted by molar-refractivity contribution is 0.121. The van der Waals surface area contributed by atoms with Crippen molar-refractivity contribution in [1.29, 1.82) is 0 Å². The molecule has 0 unspecified atom stereocenters. The monoisotopic (exact) mass is 362 g/mol. The molecule has 1 fully saturated rings. The Morgan fingerprint density at radius 2 is 1.78 bits per heavy atom. The van der Waals surface area contributed by atoms with Crippen LogP contribution in [0.15, 0.2) is 48.5 Å². The SMILES string of the molecule is COC(=O)N1CCN(c2ccc(/C=C/c3n[nH]c4ccccc34)cc2)CC1. The van der Waals surface area contributed by atoms with Crippen molar-refractivity contribution < 1.29 is 9.53 Å². The average Bonchev–Trinajstić information content (AvgIpc) is 3.15. The first-order valence-corrected chi connectivity index (χ1v) is 9.04. The van der Waals surface area contributed by atoms with Crippen molar-refractivity contribution >= 4 is 34.8 Å². The molecule has 6 nitrogen and oxygen atoms in total. The third-order valence-corrected chi connectivity index (χ3v) is 4.90. The van der Waals surface area contributed by atoms with Gasteiger partial charge in [0.2, 0.25) is 0 Å². The normalized spacial score (nSPS) is 14.9. The van der Waals surface area contributed by atoms with Gasteiger partial charge in [-0.15, -0.1) is 0 Å². The van der Waals surface area contributed by atoms with Gasteiger partial charge < -0.3 is 14.5 Å². The maximum atomic E-state index is 11.6. The zero-order chi connectivity index (χ0) is 18.6. The molecule has 0 spiro atoms. The van der Waals surface area contributed by atoms with E-state index in [4.69, 9.17) is 4.74 Å². The number of aromatic amines is 1. The van der Waals surface area contributed by atoms with Crippen molar-refractivity contribution in [2.24, 2.45) is 0 Å². The first-order valence-electron chi connectivity index (χ1n) is 9.04. The van der Waals surface area contributed by atoms with E-state index in [2.05, 4.69) is 51.5 Å². The summed E-state index contributed by atoms with van der Waals surface area (Å²) >= 11 is 0. The van der Waals surface area contributed by atoms with Crippen LogP contribution in [0.1, 0.15) is 11.3 Å². The number of nitrogens with one attached hydrogen (secondary N) is 1. The van der Waals surface area contributed by atoms with Crippen molar-refractivity contribution in [2.45, 2.75) is 0 Å². The number of ether oxygens (including phenoxy) is 1. The first kappa shape index (κ1) is 17.1. The summed E-state index contributed by atoms with van der Waals surface area (Å²) in [5.41, 5.74) is 4.27. The Balaban J connectivity index is 1.41. The number of rotatable bonds is 3. The van der Waals surface area contributed by atoms with E-state index in [1.807, 2.05) is 24.3 Å². The maximum Gasteiger partial charge on any atom is 0.409 e. The molecule has 3 aromatic rings. The van der Waals surface area contributed by atoms with E-state index in [9.17, 15) is 4.79 Å². The quantitative estimate of drug-likeness (QED) is 0.773. The number of hydrogen-bond acceptors (Lipinski definition) is 4. The molecule has 1 aromatic heterocycles. The lowest BCUT2D eigenvalue weighted by Crippen LogP contribution is -2.48. The van der Waals surface area contributed by atoms with Crippen LogP contribution in [0.5, 0.6) is 0 Å². The Bertz CT molecular complexity index is 954. The van der Waals surface area contributed by atoms with Crippen LogP contribution in [0, 0.1) is 0 Å². The molecular weight excluding hydrogens is 340 g/mol. The average molecular weight is 362 g/mol. The molecule has 0 atom stereocenters. The van der Waals surface area contributed by atoms with E-state index in [1.54, 1.807) is 4.90 Å². The van der Waals surface area contributed by atoms with E-state index in [0.717, 1.165) is 35.2 Å². The van der Waals surface area contributed by atoms with Crippen LogP contribution in [0.2, 0.25) is 0 Å². The van der Waals surface area contributed by atoms with Gasteiger partial charge in [-0.05, 0) is 29.8 Å². The first-order chi connectivity index (χ1) is 13.2. The number of H-pyrrole nitrogens is 1. The fourth-order valence-corrected chi connectivity index (χ4v) is 3.36. The number of aromatic nitrogens is 2. The second-order valence-corrected chi connectivity index (χ2v) is 6.52. The van der Waals surface area contributed by atoms with Crippen LogP contribution < -0.4 is 4.90 Å². The Morgan fingerprint density at radius 1 is 1.04 bits per heavy atom. The van der Waals surface area contributed by atoms with Crippen LogP contribution in [-0.2, 0) is 4.74 Å². The predicted molar refractivity (Wildman–Crippen MR) is 108 cm³/mol. The molecular formula is C21H22N4O2. The molecule has 0 saturated carbocycles. The molecule has 0 aliphatic carbocycles. The van der Waals surface area contributed by atoms with E-state index in [-0.39, 0.29) is 6.09 Å². The third kappa shape index (κ3) is 3.65. The third-order valence-electron chi connectivity index (χ3n) is 4.90. The Hall–Kier alpha value is -3.28. The molecule has 4 rings (SSSR count). The Kier molecular flexibility index (Phi) is 4.78. The second-order valence-electron chi connectivity index (χ2n) is 6.52. The molecule has 1 saturated heterocycles. The highest BCUT2D eigenvalue weighted by atomic mass is 16.5. The van der Waals surface area contributed by atoms with Gasteiger partial charge in [-0.3, -0.25) is 5.10 Å². The summed E-state index contributed by atoms with van der Waals surface area (Å²) < 4.78 is 4.78. The number of nitrogens with zero attached hydrogens (tertiary/aromatic N) is 3. The van der Waals surface area contributed by atoms with Gasteiger partial charge in [0.25, 0.3) is 0 Å². The fourth-order valence-electron chi connectivity index (χ4n) is 3.36. The Labute approximate surface area is 158 Å². The van der Waals surface area contributed by atoms with Crippen molar-refractivity contribution in [1.82, 2.24) is 15.1 Å². The van der Waals surface area contributed by atoms with Crippen molar-refractivity contribution in [3.05, 3.63) is 59.8 Å². The van der Waals surface area contributed by atoms with E-state index < -0.39 is 0 Å². The number of fused-ring (bicyclic) bond motifs is 1. The molecule has 1 aliphatic rings. The molecule has 138 valence electrons. The molecule has 1 N–H and O–H groups in total. The number of hydrogen-bond donors (Lipinski definition) is 1. The van der Waals surface area contributed by atoms with E-state index >= 15 is 0 Å². The standard InChI is InChI=1S/C21H22N4O2/c1-27-21(26)25-14-12-24(13-15-25)17-9-6-16(7-10-17)8-11-20-18-4-2-3-5-19(18)22-23-20/h2-11H,12-15H2,1H3,(H,22,23)/b11-8+. The zero-order valence-corrected chi connectivity index (χ0v) is 15.3. The van der Waals surface area contributed by atoms with E-state index in [1.165, 1.54) is 12.8 Å². The molecule has 6 heteroatoms. The lowest BCUT2D eigenvalue weighted by atomic mass is 10.1. The highest BCUT2D eigenvalue weighted by Gasteiger charge is 2.21. The highest BCUT2D eigenvalue weighted by Crippen LogP contribution is 2.20. The molecule has 27 heavy (non-hydrogen) atoms. The second kappa shape index (κ2) is 7.53. The predicted octanol–water partition coefficient (Wildman–Crippen LogP) is 3.62. The smallest absolute Gasteiger partial charge is 0.409 e. The number of carbonyl (C=O) groups excluding carboxylic acids is 1. The minimum atomic E-state index is -0.249. The topological polar surface area (TPSA) is 61.5 Å². The van der Waals surface area contributed by atoms with Gasteiger partial charge >= 0.3 is 6.09 Å². The van der Waals surface area contributed by atoms with E-state index in [0.29, 0.717) is 13.1 Å². The molecule has 0 bridgehead atoms. The summed E-state index contributed by atoms with van der Waals surface area (Å²) in [7, 11) is 1.42. The minimum Gasteiger partial charge on any atom is -0.453 e. The summed E-state index contributed by atoms with van der Waals surface area (Å²) in [4.78, 5) is 15.6. The van der Waals surface area contributed by atoms with Gasteiger partial charge in [-0.2, -0.15) is 5.10 Å². The number of methoxy groups -OCH3 is 1. The summed E-state index contributed by atoms with van der Waals surface area (Å²) in [6.45, 7) is 2.98. The van der Waals surface area contributed by atoms with Gasteiger partial charge in [-0.25, -0.2) is 4.79 Å². The number of carbonyl (C=O) groups is 1. The molecule has 2 heterocycles. The lowest BCUT2D eigenvalue weighted by Gasteiger charge is -2.35. The van der Waals surface area contributed by atoms with Gasteiger partial charge in [0, 0.05) is 37.3 Å². The summed E-state index contributed by atoms with van der Waals surface area (Å²) in [6, 6.07) is 16.6. The number of piperazine rings is 1. The fraction of sp³-hybridized carbons (Fsp3) is 0.238. The van der Waals surface area contributed by atoms with Crippen LogP contribution in [0.4, 0.5) is 10.5 Å². The van der Waals surface area contributed by atoms with Crippen molar-refractivity contribution in [3.63, 3.8) is 0 Å².